The highest BCUT2D eigenvalue weighted by Crippen LogP contribution is 2.56. The van der Waals surface area contributed by atoms with Crippen molar-refractivity contribution in [1.82, 2.24) is 9.80 Å². The number of sulfonamides is 1. The molecule has 0 saturated carbocycles. The van der Waals surface area contributed by atoms with Crippen LogP contribution in [0, 0.1) is 6.92 Å². The van der Waals surface area contributed by atoms with Crippen LogP contribution in [-0.2, 0) is 25.2 Å². The monoisotopic (exact) mass is 746 g/mol. The smallest absolute Gasteiger partial charge is 0.497 e. The van der Waals surface area contributed by atoms with Gasteiger partial charge in [0.25, 0.3) is 15.9 Å². The number of amides is 2. The van der Waals surface area contributed by atoms with Gasteiger partial charge in [-0.25, -0.2) is 12.7 Å². The van der Waals surface area contributed by atoms with E-state index < -0.39 is 56.5 Å². The van der Waals surface area contributed by atoms with Crippen LogP contribution in [0.25, 0.3) is 0 Å². The summed E-state index contributed by atoms with van der Waals surface area (Å²) in [6.07, 6.45) is -3.62. The number of benzene rings is 3. The van der Waals surface area contributed by atoms with E-state index in [1.165, 1.54) is 44.2 Å². The minimum atomic E-state index is -5.29. The van der Waals surface area contributed by atoms with Gasteiger partial charge in [-0.15, -0.1) is 13.2 Å². The van der Waals surface area contributed by atoms with E-state index >= 15 is 4.79 Å². The molecule has 0 bridgehead atoms. The van der Waals surface area contributed by atoms with Gasteiger partial charge in [-0.1, -0.05) is 11.6 Å². The van der Waals surface area contributed by atoms with Crippen molar-refractivity contribution in [3.8, 4) is 17.2 Å². The topological polar surface area (TPSA) is 129 Å². The Morgan fingerprint density at radius 3 is 2.29 bits per heavy atom. The zero-order valence-corrected chi connectivity index (χ0v) is 30.3. The maximum atomic E-state index is 15.7. The number of hydrogen-bond acceptors (Lipinski definition) is 10. The van der Waals surface area contributed by atoms with Gasteiger partial charge in [0.1, 0.15) is 16.4 Å². The fraction of sp³-hybridized carbons (Fsp3) is 0.444. The van der Waals surface area contributed by atoms with Gasteiger partial charge < -0.3 is 29.1 Å². The molecule has 3 aliphatic heterocycles. The molecule has 2 saturated heterocycles. The molecule has 52 heavy (non-hydrogen) atoms. The lowest BCUT2D eigenvalue weighted by Crippen LogP contribution is -2.59. The quantitative estimate of drug-likeness (QED) is 0.337. The number of fused-ring (bicyclic) bond motifs is 1. The van der Waals surface area contributed by atoms with E-state index in [-0.39, 0.29) is 41.3 Å². The van der Waals surface area contributed by atoms with Crippen LogP contribution in [-0.4, -0.2) is 102 Å². The number of aryl methyl sites for hydroxylation is 1. The van der Waals surface area contributed by atoms with Crippen molar-refractivity contribution in [1.29, 1.82) is 0 Å². The number of aliphatic hydroxyl groups excluding tert-OH is 1. The molecule has 2 fully saturated rings. The van der Waals surface area contributed by atoms with Gasteiger partial charge in [0.15, 0.2) is 11.3 Å². The molecule has 6 rings (SSSR count). The number of anilines is 2. The summed E-state index contributed by atoms with van der Waals surface area (Å²) in [4.78, 5) is 33.6. The predicted molar refractivity (Wildman–Crippen MR) is 185 cm³/mol. The third-order valence-electron chi connectivity index (χ3n) is 9.88. The van der Waals surface area contributed by atoms with E-state index in [1.54, 1.807) is 37.3 Å². The molecule has 2 amide bonds. The maximum Gasteiger partial charge on any atom is 0.573 e. The number of likely N-dealkylation sites (N-methyl/N-ethyl adjacent to an activating group) is 1. The number of halogens is 3. The number of rotatable bonds is 9. The summed E-state index contributed by atoms with van der Waals surface area (Å²) in [5, 5.41) is 11.2. The molecular weight excluding hydrogens is 705 g/mol. The summed E-state index contributed by atoms with van der Waals surface area (Å²) in [6.45, 7) is 2.95. The summed E-state index contributed by atoms with van der Waals surface area (Å²) in [7, 11) is 0.444. The molecule has 3 aliphatic rings. The standard InChI is InChI=1S/C36H41F3N4O8S/c1-22-9-13-30(50-5)27(17-22)35(42-21-24(44)19-29(42)33(45)40(2)3)26-18-23(41-15-7-6-8-16-41)10-12-28(26)43(34(35)46)52(47,48)32-14-11-25(49-4)20-31(32)51-36(37,38)39/h9-14,17-18,20,24,29,44H,6-8,15-16,19,21H2,1-5H3/t24-,29+,35?/m1/s1. The van der Waals surface area contributed by atoms with Gasteiger partial charge in [-0.3, -0.25) is 14.5 Å². The van der Waals surface area contributed by atoms with Gasteiger partial charge in [0.2, 0.25) is 5.91 Å². The number of ether oxygens (including phenoxy) is 3. The second-order valence-electron chi connectivity index (χ2n) is 13.4. The third kappa shape index (κ3) is 6.30. The highest BCUT2D eigenvalue weighted by atomic mass is 32.2. The first-order chi connectivity index (χ1) is 24.5. The Hall–Kier alpha value is -4.54. The molecule has 280 valence electrons. The first kappa shape index (κ1) is 37.2. The highest BCUT2D eigenvalue weighted by molar-refractivity contribution is 7.93. The number of carbonyl (C=O) groups excluding carboxylic acids is 2. The van der Waals surface area contributed by atoms with Crippen LogP contribution in [0.1, 0.15) is 42.4 Å². The summed E-state index contributed by atoms with van der Waals surface area (Å²) in [6, 6.07) is 11.6. The normalized spacial score (nSPS) is 22.4. The van der Waals surface area contributed by atoms with Crippen LogP contribution in [0.4, 0.5) is 24.5 Å². The van der Waals surface area contributed by atoms with Crippen molar-refractivity contribution >= 4 is 33.2 Å². The van der Waals surface area contributed by atoms with Gasteiger partial charge in [0, 0.05) is 56.6 Å². The van der Waals surface area contributed by atoms with Crippen molar-refractivity contribution in [3.63, 3.8) is 0 Å². The summed E-state index contributed by atoms with van der Waals surface area (Å²) in [5.74, 6) is -2.57. The molecule has 16 heteroatoms. The van der Waals surface area contributed by atoms with Crippen molar-refractivity contribution in [2.75, 3.05) is 57.2 Å². The van der Waals surface area contributed by atoms with Gasteiger partial charge in [0.05, 0.1) is 32.1 Å². The van der Waals surface area contributed by atoms with Crippen LogP contribution >= 0.6 is 0 Å². The zero-order chi connectivity index (χ0) is 37.7. The van der Waals surface area contributed by atoms with Gasteiger partial charge in [-0.05, 0) is 75.1 Å². The van der Waals surface area contributed by atoms with Crippen molar-refractivity contribution in [3.05, 3.63) is 71.3 Å². The van der Waals surface area contributed by atoms with E-state index in [0.29, 0.717) is 28.6 Å². The zero-order valence-electron chi connectivity index (χ0n) is 29.4. The van der Waals surface area contributed by atoms with Crippen LogP contribution in [0.2, 0.25) is 0 Å². The van der Waals surface area contributed by atoms with E-state index in [0.717, 1.165) is 37.5 Å². The fourth-order valence-electron chi connectivity index (χ4n) is 7.59. The number of carbonyl (C=O) groups is 2. The van der Waals surface area contributed by atoms with Crippen LogP contribution in [0.3, 0.4) is 0 Å². The van der Waals surface area contributed by atoms with Crippen LogP contribution < -0.4 is 23.4 Å². The first-order valence-electron chi connectivity index (χ1n) is 16.8. The maximum absolute atomic E-state index is 15.7. The third-order valence-corrected chi connectivity index (χ3v) is 11.6. The summed E-state index contributed by atoms with van der Waals surface area (Å²) < 4.78 is 86.5. The van der Waals surface area contributed by atoms with E-state index in [4.69, 9.17) is 9.47 Å². The molecule has 3 aromatic rings. The first-order valence-corrected chi connectivity index (χ1v) is 18.2. The Kier molecular flexibility index (Phi) is 9.87. The van der Waals surface area contributed by atoms with Crippen molar-refractivity contribution in [2.24, 2.45) is 0 Å². The van der Waals surface area contributed by atoms with Gasteiger partial charge >= 0.3 is 6.36 Å². The number of hydrogen-bond donors (Lipinski definition) is 1. The number of likely N-dealkylation sites (tertiary alicyclic amines) is 1. The number of aliphatic hydroxyl groups is 1. The molecule has 3 heterocycles. The average Bonchev–Trinajstić information content (AvgIpc) is 3.61. The van der Waals surface area contributed by atoms with Crippen molar-refractivity contribution in [2.45, 2.75) is 61.5 Å². The van der Waals surface area contributed by atoms with Crippen LogP contribution in [0.5, 0.6) is 17.2 Å². The minimum absolute atomic E-state index is 0.0733. The number of β-amino-alcohol motifs (C(OH)–C–C–N with tert-alkyl or cyclic N) is 1. The number of methoxy groups -OCH3 is 2. The molecule has 0 radical (unpaired) electrons. The Balaban J connectivity index is 1.70. The lowest BCUT2D eigenvalue weighted by molar-refractivity contribution is -0.275. The Morgan fingerprint density at radius 2 is 1.65 bits per heavy atom. The molecule has 0 aliphatic carbocycles. The van der Waals surface area contributed by atoms with E-state index in [9.17, 15) is 31.5 Å². The second-order valence-corrected chi connectivity index (χ2v) is 15.1. The van der Waals surface area contributed by atoms with Crippen LogP contribution in [0.15, 0.2) is 59.5 Å². The Morgan fingerprint density at radius 1 is 0.942 bits per heavy atom. The highest BCUT2D eigenvalue weighted by Gasteiger charge is 2.64. The Bertz CT molecular complexity index is 1990. The fourth-order valence-corrected chi connectivity index (χ4v) is 9.16. The minimum Gasteiger partial charge on any atom is -0.497 e. The molecular formula is C36H41F3N4O8S. The average molecular weight is 747 g/mol. The van der Waals surface area contributed by atoms with Crippen molar-refractivity contribution < 1.29 is 50.5 Å². The van der Waals surface area contributed by atoms with E-state index in [2.05, 4.69) is 9.64 Å². The molecule has 0 spiro atoms. The molecule has 3 aromatic carbocycles. The lowest BCUT2D eigenvalue weighted by atomic mass is 9.80. The van der Waals surface area contributed by atoms with E-state index in [1.807, 2.05) is 0 Å². The Labute approximate surface area is 300 Å². The summed E-state index contributed by atoms with van der Waals surface area (Å²) >= 11 is 0. The summed E-state index contributed by atoms with van der Waals surface area (Å²) in [5.41, 5.74) is -0.559. The number of nitrogens with zero attached hydrogens (tertiary/aromatic N) is 4. The van der Waals surface area contributed by atoms with Gasteiger partial charge in [-0.2, -0.15) is 0 Å². The molecule has 0 aromatic heterocycles. The number of alkyl halides is 3. The molecule has 1 unspecified atom stereocenters. The molecule has 12 nitrogen and oxygen atoms in total. The molecule has 1 N–H and O–H groups in total. The second kappa shape index (κ2) is 13.8. The SMILES string of the molecule is COc1ccc(S(=O)(=O)N2C(=O)C(c3cc(C)ccc3OC)(N3C[C@H](O)C[C@H]3C(=O)N(C)C)c3cc(N4CCCCC4)ccc32)c(OC(F)(F)F)c1. The predicted octanol–water partition coefficient (Wildman–Crippen LogP) is 4.40. The lowest BCUT2D eigenvalue weighted by Gasteiger charge is -2.42. The largest absolute Gasteiger partial charge is 0.573 e. The molecule has 3 atom stereocenters. The number of piperidine rings is 1.